The molecule has 1 aliphatic heterocycles. The van der Waals surface area contributed by atoms with Gasteiger partial charge in [-0.1, -0.05) is 24.3 Å². The van der Waals surface area contributed by atoms with Gasteiger partial charge in [-0.25, -0.2) is 4.79 Å². The number of carbonyl (C=O) groups excluding carboxylic acids is 2. The second kappa shape index (κ2) is 5.91. The van der Waals surface area contributed by atoms with Gasteiger partial charge in [0.15, 0.2) is 17.3 Å². The molecule has 2 aromatic rings. The predicted octanol–water partition coefficient (Wildman–Crippen LogP) is 2.97. The first-order valence-corrected chi connectivity index (χ1v) is 8.23. The zero-order valence-electron chi connectivity index (χ0n) is 14.7. The van der Waals surface area contributed by atoms with Gasteiger partial charge in [-0.3, -0.25) is 4.79 Å². The minimum absolute atomic E-state index is 0.0828. The van der Waals surface area contributed by atoms with Gasteiger partial charge in [0.2, 0.25) is 0 Å². The number of rotatable bonds is 3. The van der Waals surface area contributed by atoms with Gasteiger partial charge in [-0.2, -0.15) is 0 Å². The van der Waals surface area contributed by atoms with Crippen molar-refractivity contribution in [3.05, 3.63) is 64.2 Å². The number of Topliss-reactive ketones (excluding diaryl/α,β-unsaturated/α-hetero) is 1. The Morgan fingerprint density at radius 3 is 2.42 bits per heavy atom. The topological polar surface area (TPSA) is 76.7 Å². The quantitative estimate of drug-likeness (QED) is 0.892. The van der Waals surface area contributed by atoms with Gasteiger partial charge < -0.3 is 20.1 Å². The Balaban J connectivity index is 1.88. The second-order valence-electron chi connectivity index (χ2n) is 6.27. The van der Waals surface area contributed by atoms with Crippen molar-refractivity contribution < 1.29 is 19.1 Å². The molecule has 26 heavy (non-hydrogen) atoms. The number of ether oxygens (including phenoxy) is 2. The summed E-state index contributed by atoms with van der Waals surface area (Å²) in [4.78, 5) is 25.2. The van der Waals surface area contributed by atoms with Crippen LogP contribution >= 0.6 is 0 Å². The van der Waals surface area contributed by atoms with Crippen LogP contribution < -0.4 is 20.1 Å². The SMILES string of the molecule is COc1cc(C2NC(=O)NC3=C2C(=O)c2ccccc23)cc(C)c1OC. The van der Waals surface area contributed by atoms with E-state index in [4.69, 9.17) is 9.47 Å². The number of ketones is 1. The van der Waals surface area contributed by atoms with Crippen molar-refractivity contribution in [3.63, 3.8) is 0 Å². The molecule has 4 rings (SSSR count). The maximum Gasteiger partial charge on any atom is 0.320 e. The van der Waals surface area contributed by atoms with Gasteiger partial charge in [0.05, 0.1) is 31.5 Å². The van der Waals surface area contributed by atoms with E-state index >= 15 is 0 Å². The number of amides is 2. The number of urea groups is 1. The molecule has 2 amide bonds. The summed E-state index contributed by atoms with van der Waals surface area (Å²) in [5, 5.41) is 5.64. The minimum atomic E-state index is -0.558. The van der Waals surface area contributed by atoms with Crippen molar-refractivity contribution in [2.45, 2.75) is 13.0 Å². The summed E-state index contributed by atoms with van der Waals surface area (Å²) in [5.41, 5.74) is 4.10. The van der Waals surface area contributed by atoms with Gasteiger partial charge in [0, 0.05) is 11.1 Å². The highest BCUT2D eigenvalue weighted by atomic mass is 16.5. The van der Waals surface area contributed by atoms with E-state index in [9.17, 15) is 9.59 Å². The van der Waals surface area contributed by atoms with Crippen LogP contribution in [-0.4, -0.2) is 26.0 Å². The van der Waals surface area contributed by atoms with Crippen LogP contribution in [0.2, 0.25) is 0 Å². The number of benzene rings is 2. The Hall–Kier alpha value is -3.28. The maximum atomic E-state index is 13.0. The number of hydrogen-bond acceptors (Lipinski definition) is 4. The summed E-state index contributed by atoms with van der Waals surface area (Å²) in [6.07, 6.45) is 0. The lowest BCUT2D eigenvalue weighted by Gasteiger charge is -2.27. The van der Waals surface area contributed by atoms with Crippen molar-refractivity contribution in [2.75, 3.05) is 14.2 Å². The number of carbonyl (C=O) groups is 2. The molecule has 6 nitrogen and oxygen atoms in total. The molecule has 1 heterocycles. The predicted molar refractivity (Wildman–Crippen MR) is 96.4 cm³/mol. The first-order chi connectivity index (χ1) is 12.5. The number of methoxy groups -OCH3 is 2. The zero-order chi connectivity index (χ0) is 18.4. The zero-order valence-corrected chi connectivity index (χ0v) is 14.7. The van der Waals surface area contributed by atoms with Crippen LogP contribution in [0, 0.1) is 6.92 Å². The average Bonchev–Trinajstić information content (AvgIpc) is 2.93. The fourth-order valence-electron chi connectivity index (χ4n) is 3.66. The van der Waals surface area contributed by atoms with E-state index in [1.54, 1.807) is 26.4 Å². The van der Waals surface area contributed by atoms with Crippen LogP contribution in [0.1, 0.15) is 33.1 Å². The Bertz CT molecular complexity index is 978. The molecule has 1 atom stereocenters. The van der Waals surface area contributed by atoms with E-state index < -0.39 is 6.04 Å². The molecule has 0 saturated heterocycles. The van der Waals surface area contributed by atoms with Crippen molar-refractivity contribution in [1.29, 1.82) is 0 Å². The van der Waals surface area contributed by atoms with Crippen molar-refractivity contribution in [2.24, 2.45) is 0 Å². The van der Waals surface area contributed by atoms with Gasteiger partial charge in [0.1, 0.15) is 0 Å². The van der Waals surface area contributed by atoms with E-state index in [-0.39, 0.29) is 11.8 Å². The average molecular weight is 350 g/mol. The van der Waals surface area contributed by atoms with E-state index in [1.807, 2.05) is 31.2 Å². The number of nitrogens with one attached hydrogen (secondary N) is 2. The van der Waals surface area contributed by atoms with Crippen LogP contribution in [0.25, 0.3) is 5.70 Å². The lowest BCUT2D eigenvalue weighted by atomic mass is 9.93. The van der Waals surface area contributed by atoms with Gasteiger partial charge >= 0.3 is 6.03 Å². The van der Waals surface area contributed by atoms with Crippen LogP contribution in [0.3, 0.4) is 0 Å². The molecule has 2 aromatic carbocycles. The highest BCUT2D eigenvalue weighted by Crippen LogP contribution is 2.42. The highest BCUT2D eigenvalue weighted by Gasteiger charge is 2.40. The molecule has 0 bridgehead atoms. The van der Waals surface area contributed by atoms with Crippen molar-refractivity contribution >= 4 is 17.5 Å². The fourth-order valence-corrected chi connectivity index (χ4v) is 3.66. The molecule has 6 heteroatoms. The van der Waals surface area contributed by atoms with Crippen LogP contribution in [0.4, 0.5) is 4.79 Å². The van der Waals surface area contributed by atoms with Crippen molar-refractivity contribution in [3.8, 4) is 11.5 Å². The molecule has 1 aliphatic carbocycles. The fraction of sp³-hybridized carbons (Fsp3) is 0.200. The molecule has 0 fully saturated rings. The molecule has 2 aliphatic rings. The first kappa shape index (κ1) is 16.2. The lowest BCUT2D eigenvalue weighted by Crippen LogP contribution is -2.43. The number of fused-ring (bicyclic) bond motifs is 2. The Morgan fingerprint density at radius 1 is 1.00 bits per heavy atom. The molecule has 132 valence electrons. The third-order valence-corrected chi connectivity index (χ3v) is 4.78. The molecule has 0 aromatic heterocycles. The smallest absolute Gasteiger partial charge is 0.320 e. The van der Waals surface area contributed by atoms with E-state index in [0.717, 1.165) is 16.7 Å². The third kappa shape index (κ3) is 2.26. The summed E-state index contributed by atoms with van der Waals surface area (Å²) in [6, 6.07) is 10.1. The monoisotopic (exact) mass is 350 g/mol. The van der Waals surface area contributed by atoms with E-state index in [0.29, 0.717) is 28.3 Å². The summed E-state index contributed by atoms with van der Waals surface area (Å²) < 4.78 is 10.8. The van der Waals surface area contributed by atoms with Gasteiger partial charge in [-0.05, 0) is 30.2 Å². The summed E-state index contributed by atoms with van der Waals surface area (Å²) in [7, 11) is 3.14. The molecule has 1 unspecified atom stereocenters. The van der Waals surface area contributed by atoms with E-state index in [2.05, 4.69) is 10.6 Å². The lowest BCUT2D eigenvalue weighted by molar-refractivity contribution is 0.103. The normalized spacial score (nSPS) is 18.0. The van der Waals surface area contributed by atoms with Gasteiger partial charge in [-0.15, -0.1) is 0 Å². The standard InChI is InChI=1S/C20H18N2O4/c1-10-8-11(9-14(25-2)19(10)26-3)16-15-17(22-20(24)21-16)12-6-4-5-7-13(12)18(15)23/h4-9,16H,1-3H3,(H2,21,22,24). The van der Waals surface area contributed by atoms with Crippen LogP contribution in [0.15, 0.2) is 42.0 Å². The largest absolute Gasteiger partial charge is 0.493 e. The van der Waals surface area contributed by atoms with Crippen molar-refractivity contribution in [1.82, 2.24) is 10.6 Å². The Morgan fingerprint density at radius 2 is 1.73 bits per heavy atom. The third-order valence-electron chi connectivity index (χ3n) is 4.78. The number of hydrogen-bond donors (Lipinski definition) is 2. The Labute approximate surface area is 150 Å². The van der Waals surface area contributed by atoms with Crippen LogP contribution in [0.5, 0.6) is 11.5 Å². The molecule has 0 spiro atoms. The molecule has 2 N–H and O–H groups in total. The summed E-state index contributed by atoms with van der Waals surface area (Å²) >= 11 is 0. The van der Waals surface area contributed by atoms with Crippen LogP contribution in [-0.2, 0) is 0 Å². The van der Waals surface area contributed by atoms with Gasteiger partial charge in [0.25, 0.3) is 0 Å². The maximum absolute atomic E-state index is 13.0. The highest BCUT2D eigenvalue weighted by molar-refractivity contribution is 6.23. The molecular formula is C20H18N2O4. The molecular weight excluding hydrogens is 332 g/mol. The molecule has 0 saturated carbocycles. The minimum Gasteiger partial charge on any atom is -0.493 e. The first-order valence-electron chi connectivity index (χ1n) is 8.23. The van der Waals surface area contributed by atoms with E-state index in [1.165, 1.54) is 0 Å². The summed E-state index contributed by atoms with van der Waals surface area (Å²) in [5.74, 6) is 1.10. The summed E-state index contributed by atoms with van der Waals surface area (Å²) in [6.45, 7) is 1.90. The molecule has 0 radical (unpaired) electrons. The Kier molecular flexibility index (Phi) is 3.68. The number of aryl methyl sites for hydroxylation is 1. The second-order valence-corrected chi connectivity index (χ2v) is 6.27.